The van der Waals surface area contributed by atoms with E-state index in [2.05, 4.69) is 25.0 Å². The SMILES string of the molecule is CC1=N[C@H]2[C@@H](O1)O[C@H](CO)[C@@H](O[C@@H]1O[C@H](COCCN=[N+]=[N-])[C@@H](O)[C@H](OCCN=[N+]=[N-])[C@@H]1O)[C@@H]2O. The number of aliphatic imine (C=N–C) groups is 1. The van der Waals surface area contributed by atoms with Crippen molar-refractivity contribution < 1.29 is 48.8 Å². The summed E-state index contributed by atoms with van der Waals surface area (Å²) < 4.78 is 33.6. The third-order valence-electron chi connectivity index (χ3n) is 5.62. The van der Waals surface area contributed by atoms with E-state index in [1.807, 2.05) is 0 Å². The van der Waals surface area contributed by atoms with Crippen LogP contribution in [-0.2, 0) is 28.4 Å². The zero-order chi connectivity index (χ0) is 25.4. The maximum Gasteiger partial charge on any atom is 0.227 e. The van der Waals surface area contributed by atoms with Gasteiger partial charge in [0.05, 0.1) is 26.4 Å². The van der Waals surface area contributed by atoms with E-state index < -0.39 is 68.0 Å². The van der Waals surface area contributed by atoms with Gasteiger partial charge in [0.1, 0.15) is 48.8 Å². The first-order chi connectivity index (χ1) is 16.9. The van der Waals surface area contributed by atoms with Crippen LogP contribution in [0.15, 0.2) is 15.2 Å². The number of hydrogen-bond donors (Lipinski definition) is 4. The first kappa shape index (κ1) is 27.3. The van der Waals surface area contributed by atoms with Crippen LogP contribution in [0.3, 0.4) is 0 Å². The van der Waals surface area contributed by atoms with Gasteiger partial charge >= 0.3 is 0 Å². The van der Waals surface area contributed by atoms with Gasteiger partial charge in [-0.1, -0.05) is 10.2 Å². The molecule has 3 aliphatic rings. The average Bonchev–Trinajstić information content (AvgIpc) is 3.22. The molecule has 0 radical (unpaired) electrons. The fourth-order valence-electron chi connectivity index (χ4n) is 3.99. The minimum atomic E-state index is -1.54. The van der Waals surface area contributed by atoms with Crippen molar-refractivity contribution in [3.8, 4) is 0 Å². The molecule has 0 amide bonds. The molecule has 0 unspecified atom stereocenters. The van der Waals surface area contributed by atoms with Crippen molar-refractivity contribution in [1.29, 1.82) is 0 Å². The molecule has 10 atom stereocenters. The summed E-state index contributed by atoms with van der Waals surface area (Å²) >= 11 is 0. The Bertz CT molecular complexity index is 823. The first-order valence-electron chi connectivity index (χ1n) is 10.9. The minimum Gasteiger partial charge on any atom is -0.450 e. The van der Waals surface area contributed by atoms with E-state index in [9.17, 15) is 20.4 Å². The van der Waals surface area contributed by atoms with Gasteiger partial charge in [-0.3, -0.25) is 0 Å². The molecular weight excluding hydrogens is 474 g/mol. The summed E-state index contributed by atoms with van der Waals surface area (Å²) in [6.45, 7) is 0.852. The number of azide groups is 2. The summed E-state index contributed by atoms with van der Waals surface area (Å²) in [7, 11) is 0. The molecule has 35 heavy (non-hydrogen) atoms. The number of fused-ring (bicyclic) bond motifs is 1. The number of aliphatic hydroxyl groups is 4. The molecule has 3 aliphatic heterocycles. The molecule has 0 aromatic heterocycles. The molecule has 196 valence electrons. The first-order valence-corrected chi connectivity index (χ1v) is 10.9. The molecule has 0 aromatic rings. The summed E-state index contributed by atoms with van der Waals surface area (Å²) in [6.07, 6.45) is -11.0. The average molecular weight is 503 g/mol. The molecule has 17 nitrogen and oxygen atoms in total. The summed E-state index contributed by atoms with van der Waals surface area (Å²) in [5.74, 6) is 0.305. The van der Waals surface area contributed by atoms with E-state index in [-0.39, 0.29) is 32.9 Å². The molecule has 0 saturated carbocycles. The maximum absolute atomic E-state index is 10.9. The van der Waals surface area contributed by atoms with E-state index >= 15 is 0 Å². The molecule has 0 bridgehead atoms. The lowest BCUT2D eigenvalue weighted by molar-refractivity contribution is -0.345. The molecule has 0 aliphatic carbocycles. The standard InChI is InChI=1S/C18H29N7O10/c1-8-23-11-13(28)15(9(6-26)33-17(11)32-8)35-18-14(29)16(31-5-3-22-25-20)12(27)10(34-18)7-30-4-2-21-24-19/h9-18,26-29H,2-7H2,1H3/t9-,10-,11-,12-,13-,14+,15-,16+,17+,18+/m1/s1. The lowest BCUT2D eigenvalue weighted by Crippen LogP contribution is -2.64. The van der Waals surface area contributed by atoms with E-state index in [1.54, 1.807) is 6.92 Å². The highest BCUT2D eigenvalue weighted by Crippen LogP contribution is 2.33. The van der Waals surface area contributed by atoms with Crippen LogP contribution >= 0.6 is 0 Å². The zero-order valence-electron chi connectivity index (χ0n) is 18.9. The van der Waals surface area contributed by atoms with Gasteiger partial charge in [0, 0.05) is 29.8 Å². The molecule has 3 heterocycles. The van der Waals surface area contributed by atoms with Gasteiger partial charge in [-0.25, -0.2) is 4.99 Å². The Balaban J connectivity index is 1.72. The van der Waals surface area contributed by atoms with Crippen molar-refractivity contribution in [2.24, 2.45) is 15.2 Å². The Morgan fingerprint density at radius 1 is 0.971 bits per heavy atom. The van der Waals surface area contributed by atoms with Gasteiger partial charge < -0.3 is 48.8 Å². The highest BCUT2D eigenvalue weighted by atomic mass is 16.7. The third-order valence-corrected chi connectivity index (χ3v) is 5.62. The van der Waals surface area contributed by atoms with Crippen LogP contribution in [0.5, 0.6) is 0 Å². The second-order valence-electron chi connectivity index (χ2n) is 7.92. The fraction of sp³-hybridized carbons (Fsp3) is 0.944. The van der Waals surface area contributed by atoms with Gasteiger partial charge in [-0.05, 0) is 11.1 Å². The van der Waals surface area contributed by atoms with Crippen molar-refractivity contribution in [2.45, 2.75) is 68.3 Å². The van der Waals surface area contributed by atoms with Crippen LogP contribution in [0.2, 0.25) is 0 Å². The number of nitrogens with zero attached hydrogens (tertiary/aromatic N) is 7. The van der Waals surface area contributed by atoms with E-state index in [0.29, 0.717) is 5.90 Å². The highest BCUT2D eigenvalue weighted by Gasteiger charge is 2.53. The van der Waals surface area contributed by atoms with Crippen LogP contribution in [0, 0.1) is 0 Å². The predicted molar refractivity (Wildman–Crippen MR) is 114 cm³/mol. The molecule has 0 aromatic carbocycles. The number of rotatable bonds is 12. The smallest absolute Gasteiger partial charge is 0.227 e. The van der Waals surface area contributed by atoms with E-state index in [0.717, 1.165) is 0 Å². The van der Waals surface area contributed by atoms with E-state index in [1.165, 1.54) is 0 Å². The van der Waals surface area contributed by atoms with Gasteiger partial charge in [0.25, 0.3) is 0 Å². The Kier molecular flexibility index (Phi) is 10.3. The van der Waals surface area contributed by atoms with Crippen LogP contribution in [-0.4, -0.2) is 127 Å². The molecule has 3 rings (SSSR count). The lowest BCUT2D eigenvalue weighted by Gasteiger charge is -2.46. The van der Waals surface area contributed by atoms with Crippen molar-refractivity contribution >= 4 is 5.90 Å². The third kappa shape index (κ3) is 6.69. The van der Waals surface area contributed by atoms with Gasteiger partial charge in [0.2, 0.25) is 6.29 Å². The maximum atomic E-state index is 10.9. The topological polar surface area (TPSA) is 246 Å². The van der Waals surface area contributed by atoms with Crippen LogP contribution in [0.4, 0.5) is 0 Å². The predicted octanol–water partition coefficient (Wildman–Crippen LogP) is -1.26. The normalized spacial score (nSPS) is 38.5. The largest absolute Gasteiger partial charge is 0.450 e. The highest BCUT2D eigenvalue weighted by molar-refractivity contribution is 5.75. The van der Waals surface area contributed by atoms with Crippen LogP contribution in [0.25, 0.3) is 20.9 Å². The molecule has 0 spiro atoms. The fourth-order valence-corrected chi connectivity index (χ4v) is 3.99. The Morgan fingerprint density at radius 2 is 1.69 bits per heavy atom. The Labute approximate surface area is 199 Å². The quantitative estimate of drug-likeness (QED) is 0.106. The van der Waals surface area contributed by atoms with Gasteiger partial charge in [-0.15, -0.1) is 0 Å². The van der Waals surface area contributed by atoms with Crippen LogP contribution < -0.4 is 0 Å². The number of hydrogen-bond acceptors (Lipinski definition) is 13. The van der Waals surface area contributed by atoms with Gasteiger partial charge in [0.15, 0.2) is 12.2 Å². The molecule has 2 fully saturated rings. The number of ether oxygens (including phenoxy) is 6. The minimum absolute atomic E-state index is 0.0473. The Hall–Kier alpha value is -2.27. The van der Waals surface area contributed by atoms with Crippen molar-refractivity contribution in [3.63, 3.8) is 0 Å². The second kappa shape index (κ2) is 13.2. The van der Waals surface area contributed by atoms with Crippen molar-refractivity contribution in [1.82, 2.24) is 0 Å². The zero-order valence-corrected chi connectivity index (χ0v) is 18.9. The van der Waals surface area contributed by atoms with Crippen LogP contribution in [0.1, 0.15) is 6.92 Å². The molecular formula is C18H29N7O10. The van der Waals surface area contributed by atoms with Gasteiger partial charge in [-0.2, -0.15) is 0 Å². The van der Waals surface area contributed by atoms with Crippen molar-refractivity contribution in [3.05, 3.63) is 20.9 Å². The summed E-state index contributed by atoms with van der Waals surface area (Å²) in [5, 5.41) is 48.9. The summed E-state index contributed by atoms with van der Waals surface area (Å²) in [4.78, 5) is 9.42. The Morgan fingerprint density at radius 3 is 2.37 bits per heavy atom. The molecule has 17 heteroatoms. The van der Waals surface area contributed by atoms with E-state index in [4.69, 9.17) is 39.5 Å². The lowest BCUT2D eigenvalue weighted by atomic mass is 9.96. The summed E-state index contributed by atoms with van der Waals surface area (Å²) in [6, 6.07) is -0.815. The van der Waals surface area contributed by atoms with Crippen molar-refractivity contribution in [2.75, 3.05) is 39.5 Å². The monoisotopic (exact) mass is 503 g/mol. The number of aliphatic hydroxyl groups excluding tert-OH is 4. The second-order valence-corrected chi connectivity index (χ2v) is 7.92. The molecule has 4 N–H and O–H groups in total. The summed E-state index contributed by atoms with van der Waals surface area (Å²) in [5.41, 5.74) is 16.8. The molecule has 2 saturated heterocycles.